The van der Waals surface area contributed by atoms with Crippen molar-refractivity contribution < 1.29 is 32.4 Å². The second-order valence-electron chi connectivity index (χ2n) is 7.18. The van der Waals surface area contributed by atoms with Crippen molar-refractivity contribution in [1.82, 2.24) is 5.16 Å². The highest BCUT2D eigenvalue weighted by Crippen LogP contribution is 2.39. The van der Waals surface area contributed by atoms with E-state index in [1.165, 1.54) is 24.3 Å². The molecule has 1 fully saturated rings. The van der Waals surface area contributed by atoms with E-state index in [2.05, 4.69) is 15.2 Å². The van der Waals surface area contributed by atoms with Gasteiger partial charge in [0.05, 0.1) is 28.7 Å². The number of aliphatic carboxylic acids is 1. The number of benzene rings is 1. The Kier molecular flexibility index (Phi) is 4.86. The summed E-state index contributed by atoms with van der Waals surface area (Å²) >= 11 is 0. The van der Waals surface area contributed by atoms with Gasteiger partial charge in [-0.25, -0.2) is 13.1 Å². The molecule has 1 amide bonds. The van der Waals surface area contributed by atoms with Crippen molar-refractivity contribution in [1.29, 1.82) is 0 Å². The summed E-state index contributed by atoms with van der Waals surface area (Å²) < 4.78 is 37.9. The molecule has 0 spiro atoms. The minimum absolute atomic E-state index is 0.0360. The highest BCUT2D eigenvalue weighted by Gasteiger charge is 2.53. The first kappa shape index (κ1) is 20.1. The van der Waals surface area contributed by atoms with E-state index in [1.54, 1.807) is 26.0 Å². The Balaban J connectivity index is 1.47. The van der Waals surface area contributed by atoms with Gasteiger partial charge in [-0.3, -0.25) is 9.59 Å². The number of anilines is 2. The van der Waals surface area contributed by atoms with Crippen molar-refractivity contribution in [2.45, 2.75) is 31.0 Å². The fraction of sp³-hybridized carbons (Fsp3) is 0.316. The Labute approximate surface area is 171 Å². The smallest absolute Gasteiger partial charge is 0.310 e. The molecule has 10 nitrogen and oxygen atoms in total. The third-order valence-corrected chi connectivity index (χ3v) is 6.65. The number of rotatable bonds is 6. The van der Waals surface area contributed by atoms with Crippen molar-refractivity contribution in [2.75, 3.05) is 10.0 Å². The minimum atomic E-state index is -3.91. The average molecular weight is 433 g/mol. The molecule has 158 valence electrons. The zero-order chi connectivity index (χ0) is 21.6. The van der Waals surface area contributed by atoms with Gasteiger partial charge in [0.1, 0.15) is 5.92 Å². The number of ether oxygens (including phenoxy) is 1. The summed E-state index contributed by atoms with van der Waals surface area (Å²) in [5, 5.41) is 15.8. The van der Waals surface area contributed by atoms with Crippen LogP contribution in [0.4, 0.5) is 11.6 Å². The van der Waals surface area contributed by atoms with Crippen LogP contribution >= 0.6 is 0 Å². The predicted octanol–water partition coefficient (Wildman–Crippen LogP) is 1.68. The molecular formula is C19H19N3O7S. The van der Waals surface area contributed by atoms with Gasteiger partial charge in [-0.15, -0.1) is 0 Å². The van der Waals surface area contributed by atoms with E-state index >= 15 is 0 Å². The SMILES string of the molecule is Cc1noc(NS(=O)(=O)c2ccc(NC(=O)[C@H]3[C@@H](C(=O)O)[C@@H]4C=C[C@@H]3O4)cc2)c1C. The van der Waals surface area contributed by atoms with Crippen LogP contribution in [0.2, 0.25) is 0 Å². The molecule has 30 heavy (non-hydrogen) atoms. The number of amides is 1. The van der Waals surface area contributed by atoms with E-state index in [0.29, 0.717) is 16.9 Å². The number of nitrogens with one attached hydrogen (secondary N) is 2. The molecule has 0 unspecified atom stereocenters. The third kappa shape index (κ3) is 3.46. The molecule has 1 saturated heterocycles. The molecule has 4 atom stereocenters. The lowest BCUT2D eigenvalue weighted by atomic mass is 9.82. The van der Waals surface area contributed by atoms with E-state index in [0.717, 1.165) is 0 Å². The maximum absolute atomic E-state index is 12.6. The number of fused-ring (bicyclic) bond motifs is 2. The minimum Gasteiger partial charge on any atom is -0.481 e. The standard InChI is InChI=1S/C19H19N3O7S/c1-9-10(2)21-29-18(9)22-30(26,27)12-5-3-11(4-6-12)20-17(23)15-13-7-8-14(28-13)16(15)19(24)25/h3-8,13-16,22H,1-2H3,(H,20,23)(H,24,25)/t13-,14-,15+,16-/m0/s1. The van der Waals surface area contributed by atoms with Gasteiger partial charge in [0.2, 0.25) is 11.8 Å². The van der Waals surface area contributed by atoms with Crippen molar-refractivity contribution in [2.24, 2.45) is 11.8 Å². The molecule has 2 aliphatic rings. The van der Waals surface area contributed by atoms with E-state index in [1.807, 2.05) is 0 Å². The van der Waals surface area contributed by atoms with Crippen molar-refractivity contribution in [3.8, 4) is 0 Å². The zero-order valence-electron chi connectivity index (χ0n) is 16.0. The number of aromatic nitrogens is 1. The number of carboxylic acids is 1. The van der Waals surface area contributed by atoms with Crippen molar-refractivity contribution in [3.63, 3.8) is 0 Å². The van der Waals surface area contributed by atoms with Crippen LogP contribution in [0, 0.1) is 25.7 Å². The normalized spacial score (nSPS) is 24.7. The van der Waals surface area contributed by atoms with Gasteiger partial charge in [0.15, 0.2) is 0 Å². The second-order valence-corrected chi connectivity index (χ2v) is 8.86. The van der Waals surface area contributed by atoms with Gasteiger partial charge in [-0.2, -0.15) is 0 Å². The van der Waals surface area contributed by atoms with Crippen molar-refractivity contribution >= 4 is 33.5 Å². The average Bonchev–Trinajstić information content (AvgIpc) is 3.39. The Bertz CT molecular complexity index is 1140. The van der Waals surface area contributed by atoms with E-state index in [-0.39, 0.29) is 10.8 Å². The van der Waals surface area contributed by atoms with Crippen LogP contribution in [0.25, 0.3) is 0 Å². The summed E-state index contributed by atoms with van der Waals surface area (Å²) in [6.45, 7) is 3.38. The molecule has 2 bridgehead atoms. The molecular weight excluding hydrogens is 414 g/mol. The van der Waals surface area contributed by atoms with E-state index in [4.69, 9.17) is 9.26 Å². The Morgan fingerprint density at radius 1 is 1.07 bits per heavy atom. The summed E-state index contributed by atoms with van der Waals surface area (Å²) in [5.41, 5.74) is 1.49. The molecule has 0 radical (unpaired) electrons. The highest BCUT2D eigenvalue weighted by atomic mass is 32.2. The highest BCUT2D eigenvalue weighted by molar-refractivity contribution is 7.92. The van der Waals surface area contributed by atoms with Gasteiger partial charge >= 0.3 is 5.97 Å². The number of carbonyl (C=O) groups is 2. The topological polar surface area (TPSA) is 148 Å². The van der Waals surface area contributed by atoms with Crippen LogP contribution in [0.5, 0.6) is 0 Å². The van der Waals surface area contributed by atoms with Gasteiger partial charge in [-0.1, -0.05) is 17.3 Å². The predicted molar refractivity (Wildman–Crippen MR) is 104 cm³/mol. The number of sulfonamides is 1. The molecule has 4 rings (SSSR count). The zero-order valence-corrected chi connectivity index (χ0v) is 16.8. The fourth-order valence-corrected chi connectivity index (χ4v) is 4.60. The number of carbonyl (C=O) groups excluding carboxylic acids is 1. The van der Waals surface area contributed by atoms with Crippen LogP contribution in [0.3, 0.4) is 0 Å². The third-order valence-electron chi connectivity index (χ3n) is 5.30. The van der Waals surface area contributed by atoms with Gasteiger partial charge in [-0.05, 0) is 38.1 Å². The second kappa shape index (κ2) is 7.26. The molecule has 2 aromatic rings. The summed E-state index contributed by atoms with van der Waals surface area (Å²) in [7, 11) is -3.91. The maximum Gasteiger partial charge on any atom is 0.310 e. The molecule has 0 saturated carbocycles. The van der Waals surface area contributed by atoms with E-state index < -0.39 is 45.9 Å². The fourth-order valence-electron chi connectivity index (χ4n) is 3.55. The number of carboxylic acid groups (broad SMARTS) is 1. The van der Waals surface area contributed by atoms with Gasteiger partial charge in [0, 0.05) is 11.3 Å². The lowest BCUT2D eigenvalue weighted by molar-refractivity contribution is -0.145. The van der Waals surface area contributed by atoms with Crippen LogP contribution in [-0.2, 0) is 24.3 Å². The summed E-state index contributed by atoms with van der Waals surface area (Å²) in [6.07, 6.45) is 2.12. The number of hydrogen-bond donors (Lipinski definition) is 3. The molecule has 0 aliphatic carbocycles. The number of aryl methyl sites for hydroxylation is 1. The molecule has 1 aromatic carbocycles. The first-order valence-corrected chi connectivity index (χ1v) is 10.6. The largest absolute Gasteiger partial charge is 0.481 e. The van der Waals surface area contributed by atoms with Crippen LogP contribution < -0.4 is 10.0 Å². The maximum atomic E-state index is 12.6. The Hall–Kier alpha value is -3.18. The van der Waals surface area contributed by atoms with Crippen LogP contribution in [-0.4, -0.2) is 42.8 Å². The molecule has 11 heteroatoms. The molecule has 3 N–H and O–H groups in total. The summed E-state index contributed by atoms with van der Waals surface area (Å²) in [4.78, 5) is 24.1. The molecule has 3 heterocycles. The van der Waals surface area contributed by atoms with Gasteiger partial charge < -0.3 is 19.7 Å². The summed E-state index contributed by atoms with van der Waals surface area (Å²) in [6, 6.07) is 5.49. The lowest BCUT2D eigenvalue weighted by Gasteiger charge is -2.21. The Morgan fingerprint density at radius 3 is 2.27 bits per heavy atom. The Morgan fingerprint density at radius 2 is 1.70 bits per heavy atom. The van der Waals surface area contributed by atoms with E-state index in [9.17, 15) is 23.1 Å². The quantitative estimate of drug-likeness (QED) is 0.583. The number of hydrogen-bond acceptors (Lipinski definition) is 7. The van der Waals surface area contributed by atoms with Crippen LogP contribution in [0.1, 0.15) is 11.3 Å². The van der Waals surface area contributed by atoms with Crippen molar-refractivity contribution in [3.05, 3.63) is 47.7 Å². The monoisotopic (exact) mass is 433 g/mol. The number of nitrogens with zero attached hydrogens (tertiary/aromatic N) is 1. The first-order chi connectivity index (χ1) is 14.2. The van der Waals surface area contributed by atoms with Gasteiger partial charge in [0.25, 0.3) is 10.0 Å². The lowest BCUT2D eigenvalue weighted by Crippen LogP contribution is -2.39. The van der Waals surface area contributed by atoms with Crippen LogP contribution in [0.15, 0.2) is 45.8 Å². The summed E-state index contributed by atoms with van der Waals surface area (Å²) in [5.74, 6) is -3.38. The first-order valence-electron chi connectivity index (χ1n) is 9.10. The molecule has 1 aromatic heterocycles. The molecule has 2 aliphatic heterocycles.